The van der Waals surface area contributed by atoms with E-state index in [1.165, 1.54) is 17.7 Å². The van der Waals surface area contributed by atoms with Gasteiger partial charge in [-0.05, 0) is 29.7 Å². The third kappa shape index (κ3) is 3.94. The molecular formula is C17H15F3O. The van der Waals surface area contributed by atoms with Gasteiger partial charge >= 0.3 is 6.18 Å². The predicted molar refractivity (Wildman–Crippen MR) is 75.3 cm³/mol. The lowest BCUT2D eigenvalue weighted by molar-refractivity contribution is -0.137. The first-order valence-corrected chi connectivity index (χ1v) is 6.68. The molecule has 0 fully saturated rings. The fraction of sp³-hybridized carbons (Fsp3) is 0.235. The van der Waals surface area contributed by atoms with Crippen LogP contribution in [0.25, 0.3) is 0 Å². The van der Waals surface area contributed by atoms with Crippen LogP contribution in [0.4, 0.5) is 13.2 Å². The van der Waals surface area contributed by atoms with Crippen molar-refractivity contribution in [2.24, 2.45) is 0 Å². The first kappa shape index (κ1) is 15.3. The fourth-order valence-corrected chi connectivity index (χ4v) is 2.03. The number of carbonyl (C=O) groups excluding carboxylic acids is 1. The molecule has 4 heteroatoms. The number of alkyl halides is 3. The molecular weight excluding hydrogens is 277 g/mol. The molecule has 0 unspecified atom stereocenters. The van der Waals surface area contributed by atoms with Gasteiger partial charge in [0.15, 0.2) is 5.78 Å². The van der Waals surface area contributed by atoms with Gasteiger partial charge in [-0.2, -0.15) is 13.2 Å². The summed E-state index contributed by atoms with van der Waals surface area (Å²) in [5, 5.41) is 0. The van der Waals surface area contributed by atoms with Crippen molar-refractivity contribution in [3.05, 3.63) is 70.8 Å². The number of Topliss-reactive ketones (excluding diaryl/α,β-unsaturated/α-hetero) is 1. The molecule has 0 aliphatic heterocycles. The van der Waals surface area contributed by atoms with Crippen molar-refractivity contribution in [2.75, 3.05) is 0 Å². The van der Waals surface area contributed by atoms with E-state index in [9.17, 15) is 18.0 Å². The van der Waals surface area contributed by atoms with Crippen LogP contribution in [-0.4, -0.2) is 5.78 Å². The highest BCUT2D eigenvalue weighted by Crippen LogP contribution is 2.29. The fourth-order valence-electron chi connectivity index (χ4n) is 2.03. The number of halogens is 3. The monoisotopic (exact) mass is 292 g/mol. The molecule has 0 N–H and O–H groups in total. The molecule has 0 amide bonds. The van der Waals surface area contributed by atoms with Gasteiger partial charge in [0, 0.05) is 12.0 Å². The second-order valence-corrected chi connectivity index (χ2v) is 4.85. The van der Waals surface area contributed by atoms with E-state index in [1.807, 2.05) is 31.2 Å². The van der Waals surface area contributed by atoms with E-state index in [2.05, 4.69) is 0 Å². The molecule has 0 saturated heterocycles. The summed E-state index contributed by atoms with van der Waals surface area (Å²) in [6, 6.07) is 12.0. The summed E-state index contributed by atoms with van der Waals surface area (Å²) >= 11 is 0. The molecule has 1 nitrogen and oxygen atoms in total. The van der Waals surface area contributed by atoms with Gasteiger partial charge in [0.25, 0.3) is 0 Å². The number of hydrogen-bond acceptors (Lipinski definition) is 1. The maximum atomic E-state index is 12.5. The maximum Gasteiger partial charge on any atom is 0.416 e. The molecule has 0 bridgehead atoms. The molecule has 0 aliphatic rings. The molecule has 0 aliphatic carbocycles. The highest BCUT2D eigenvalue weighted by atomic mass is 19.4. The number of rotatable bonds is 4. The molecule has 110 valence electrons. The Bertz CT molecular complexity index is 610. The van der Waals surface area contributed by atoms with Crippen LogP contribution in [0.2, 0.25) is 0 Å². The van der Waals surface area contributed by atoms with Crippen molar-refractivity contribution >= 4 is 5.78 Å². The second-order valence-electron chi connectivity index (χ2n) is 4.85. The highest BCUT2D eigenvalue weighted by molar-refractivity contribution is 5.97. The lowest BCUT2D eigenvalue weighted by atomic mass is 10.0. The van der Waals surface area contributed by atoms with E-state index in [0.29, 0.717) is 5.56 Å². The van der Waals surface area contributed by atoms with Gasteiger partial charge in [-0.25, -0.2) is 0 Å². The van der Waals surface area contributed by atoms with Crippen LogP contribution >= 0.6 is 0 Å². The van der Waals surface area contributed by atoms with E-state index in [4.69, 9.17) is 0 Å². The summed E-state index contributed by atoms with van der Waals surface area (Å²) in [5.41, 5.74) is 1.59. The number of hydrogen-bond donors (Lipinski definition) is 0. The molecule has 2 aromatic rings. The Balaban J connectivity index is 2.09. The van der Waals surface area contributed by atoms with E-state index in [-0.39, 0.29) is 12.2 Å². The molecule has 0 atom stereocenters. The zero-order valence-electron chi connectivity index (χ0n) is 11.6. The molecule has 0 radical (unpaired) electrons. The Kier molecular flexibility index (Phi) is 4.46. The van der Waals surface area contributed by atoms with Gasteiger partial charge in [-0.1, -0.05) is 43.3 Å². The van der Waals surface area contributed by atoms with Crippen molar-refractivity contribution in [2.45, 2.75) is 25.9 Å². The third-order valence-corrected chi connectivity index (χ3v) is 3.33. The van der Waals surface area contributed by atoms with E-state index in [1.54, 1.807) is 0 Å². The van der Waals surface area contributed by atoms with Crippen LogP contribution in [0.5, 0.6) is 0 Å². The van der Waals surface area contributed by atoms with E-state index >= 15 is 0 Å². The maximum absolute atomic E-state index is 12.5. The molecule has 0 spiro atoms. The Morgan fingerprint density at radius 2 is 1.43 bits per heavy atom. The zero-order chi connectivity index (χ0) is 15.5. The zero-order valence-corrected chi connectivity index (χ0v) is 11.6. The van der Waals surface area contributed by atoms with Gasteiger partial charge < -0.3 is 0 Å². The molecule has 2 aromatic carbocycles. The number of ketones is 1. The Morgan fingerprint density at radius 1 is 0.905 bits per heavy atom. The van der Waals surface area contributed by atoms with E-state index in [0.717, 1.165) is 24.1 Å². The number of carbonyl (C=O) groups is 1. The van der Waals surface area contributed by atoms with Gasteiger partial charge in [-0.3, -0.25) is 4.79 Å². The minimum Gasteiger partial charge on any atom is -0.294 e. The molecule has 0 saturated carbocycles. The van der Waals surface area contributed by atoms with Gasteiger partial charge in [0.1, 0.15) is 0 Å². The lowest BCUT2D eigenvalue weighted by Gasteiger charge is -2.07. The normalized spacial score (nSPS) is 11.4. The van der Waals surface area contributed by atoms with Crippen LogP contribution in [0.15, 0.2) is 48.5 Å². The van der Waals surface area contributed by atoms with Crippen LogP contribution in [-0.2, 0) is 19.0 Å². The van der Waals surface area contributed by atoms with Crippen molar-refractivity contribution in [3.8, 4) is 0 Å². The average molecular weight is 292 g/mol. The lowest BCUT2D eigenvalue weighted by Crippen LogP contribution is -2.07. The van der Waals surface area contributed by atoms with Gasteiger partial charge in [0.05, 0.1) is 5.56 Å². The Morgan fingerprint density at radius 3 is 1.90 bits per heavy atom. The van der Waals surface area contributed by atoms with Crippen LogP contribution in [0.3, 0.4) is 0 Å². The summed E-state index contributed by atoms with van der Waals surface area (Å²) < 4.78 is 37.4. The highest BCUT2D eigenvalue weighted by Gasteiger charge is 2.30. The Labute approximate surface area is 121 Å². The summed E-state index contributed by atoms with van der Waals surface area (Å²) in [6.07, 6.45) is -3.26. The van der Waals surface area contributed by atoms with Gasteiger partial charge in [0.2, 0.25) is 0 Å². The van der Waals surface area contributed by atoms with Crippen LogP contribution in [0, 0.1) is 0 Å². The van der Waals surface area contributed by atoms with Crippen molar-refractivity contribution in [1.29, 1.82) is 0 Å². The van der Waals surface area contributed by atoms with E-state index < -0.39 is 11.7 Å². The minimum atomic E-state index is -4.38. The number of benzene rings is 2. The van der Waals surface area contributed by atoms with Gasteiger partial charge in [-0.15, -0.1) is 0 Å². The molecule has 0 heterocycles. The largest absolute Gasteiger partial charge is 0.416 e. The summed E-state index contributed by atoms with van der Waals surface area (Å²) in [4.78, 5) is 12.0. The SMILES string of the molecule is CCc1ccc(CC(=O)c2ccc(C(F)(F)F)cc2)cc1. The third-order valence-electron chi connectivity index (χ3n) is 3.33. The average Bonchev–Trinajstić information content (AvgIpc) is 2.47. The Hall–Kier alpha value is -2.10. The first-order valence-electron chi connectivity index (χ1n) is 6.68. The topological polar surface area (TPSA) is 17.1 Å². The predicted octanol–water partition coefficient (Wildman–Crippen LogP) is 4.69. The summed E-state index contributed by atoms with van der Waals surface area (Å²) in [5.74, 6) is -0.187. The van der Waals surface area contributed by atoms with Crippen molar-refractivity contribution < 1.29 is 18.0 Å². The van der Waals surface area contributed by atoms with Crippen LogP contribution in [0.1, 0.15) is 34.0 Å². The first-order chi connectivity index (χ1) is 9.90. The van der Waals surface area contributed by atoms with Crippen LogP contribution < -0.4 is 0 Å². The van der Waals surface area contributed by atoms with Crippen molar-refractivity contribution in [1.82, 2.24) is 0 Å². The minimum absolute atomic E-state index is 0.187. The second kappa shape index (κ2) is 6.12. The smallest absolute Gasteiger partial charge is 0.294 e. The van der Waals surface area contributed by atoms with Crippen molar-refractivity contribution in [3.63, 3.8) is 0 Å². The number of aryl methyl sites for hydroxylation is 1. The standard InChI is InChI=1S/C17H15F3O/c1-2-12-3-5-13(6-4-12)11-16(21)14-7-9-15(10-8-14)17(18,19)20/h3-10H,2,11H2,1H3. The quantitative estimate of drug-likeness (QED) is 0.747. The summed E-state index contributed by atoms with van der Waals surface area (Å²) in [6.45, 7) is 2.04. The summed E-state index contributed by atoms with van der Waals surface area (Å²) in [7, 11) is 0. The molecule has 21 heavy (non-hydrogen) atoms. The molecule has 0 aromatic heterocycles. The molecule has 2 rings (SSSR count).